The van der Waals surface area contributed by atoms with Gasteiger partial charge in [0, 0.05) is 12.5 Å². The molecule has 0 spiro atoms. The molecular weight excluding hydrogens is 477 g/mol. The van der Waals surface area contributed by atoms with Crippen molar-refractivity contribution >= 4 is 21.9 Å². The van der Waals surface area contributed by atoms with E-state index in [1.807, 2.05) is 12.2 Å². The van der Waals surface area contributed by atoms with Gasteiger partial charge in [-0.3, -0.25) is 0 Å². The van der Waals surface area contributed by atoms with E-state index in [0.29, 0.717) is 23.1 Å². The number of hydrogen-bond donors (Lipinski definition) is 1. The molecule has 10 nitrogen and oxygen atoms in total. The highest BCUT2D eigenvalue weighted by Crippen LogP contribution is 2.30. The fraction of sp³-hybridized carbons (Fsp3) is 0.316. The van der Waals surface area contributed by atoms with E-state index in [1.165, 1.54) is 18.2 Å². The number of ether oxygens (including phenoxy) is 2. The van der Waals surface area contributed by atoms with E-state index in [4.69, 9.17) is 14.0 Å². The molecule has 1 N–H and O–H groups in total. The van der Waals surface area contributed by atoms with Gasteiger partial charge in [-0.05, 0) is 57.0 Å². The van der Waals surface area contributed by atoms with Crippen LogP contribution in [0.4, 0.5) is 4.39 Å². The lowest BCUT2D eigenvalue weighted by Crippen LogP contribution is -2.20. The minimum Gasteiger partial charge on any atom is -0.485 e. The molecule has 3 aromatic rings. The molecule has 0 amide bonds. The van der Waals surface area contributed by atoms with Crippen LogP contribution in [0.5, 0.6) is 11.6 Å². The Morgan fingerprint density at radius 2 is 2.13 bits per heavy atom. The zero-order valence-corrected chi connectivity index (χ0v) is 17.8. The maximum Gasteiger partial charge on any atom is 0.330 e. The second-order valence-electron chi connectivity index (χ2n) is 6.73. The highest BCUT2D eigenvalue weighted by Gasteiger charge is 2.25. The van der Waals surface area contributed by atoms with E-state index in [-0.39, 0.29) is 35.5 Å². The fourth-order valence-electron chi connectivity index (χ4n) is 3.01. The molecule has 0 saturated carbocycles. The number of hydrogen-bond acceptors (Lipinski definition) is 8. The van der Waals surface area contributed by atoms with Gasteiger partial charge in [0.2, 0.25) is 11.6 Å². The Labute approximate surface area is 183 Å². The summed E-state index contributed by atoms with van der Waals surface area (Å²) in [5.41, 5.74) is 0. The molecule has 2 aromatic heterocycles. The predicted octanol–water partition coefficient (Wildman–Crippen LogP) is 3.42. The summed E-state index contributed by atoms with van der Waals surface area (Å²) < 4.78 is 30.9. The van der Waals surface area contributed by atoms with Gasteiger partial charge in [0.05, 0.1) is 10.5 Å². The lowest BCUT2D eigenvalue weighted by atomic mass is 10.2. The van der Waals surface area contributed by atoms with Gasteiger partial charge < -0.3 is 19.1 Å². The van der Waals surface area contributed by atoms with Crippen LogP contribution >= 0.6 is 15.9 Å². The Kier molecular flexibility index (Phi) is 5.98. The van der Waals surface area contributed by atoms with E-state index < -0.39 is 12.0 Å². The molecule has 0 saturated heterocycles. The van der Waals surface area contributed by atoms with Gasteiger partial charge in [0.1, 0.15) is 23.8 Å². The Bertz CT molecular complexity index is 1120. The number of carboxylic acids is 1. The van der Waals surface area contributed by atoms with Gasteiger partial charge in [-0.15, -0.1) is 15.0 Å². The van der Waals surface area contributed by atoms with Crippen molar-refractivity contribution in [2.75, 3.05) is 0 Å². The lowest BCUT2D eigenvalue weighted by Gasteiger charge is -2.15. The molecule has 1 aliphatic rings. The van der Waals surface area contributed by atoms with Crippen LogP contribution in [0.15, 0.2) is 45.4 Å². The summed E-state index contributed by atoms with van der Waals surface area (Å²) in [5, 5.41) is 24.7. The molecule has 4 rings (SSSR count). The second-order valence-corrected chi connectivity index (χ2v) is 7.59. The minimum atomic E-state index is -1.05. The third-order valence-electron chi connectivity index (χ3n) is 4.54. The van der Waals surface area contributed by atoms with Crippen molar-refractivity contribution in [2.45, 2.75) is 38.0 Å². The zero-order valence-electron chi connectivity index (χ0n) is 16.2. The van der Waals surface area contributed by atoms with Crippen LogP contribution < -0.4 is 9.47 Å². The third kappa shape index (κ3) is 4.74. The van der Waals surface area contributed by atoms with Gasteiger partial charge in [-0.2, -0.15) is 0 Å². The van der Waals surface area contributed by atoms with Crippen LogP contribution in [-0.4, -0.2) is 48.6 Å². The number of carboxylic acid groups (broad SMARTS) is 1. The van der Waals surface area contributed by atoms with Crippen LogP contribution in [-0.2, 0) is 4.79 Å². The summed E-state index contributed by atoms with van der Waals surface area (Å²) in [6.07, 6.45) is 3.83. The quantitative estimate of drug-likeness (QED) is 0.469. The van der Waals surface area contributed by atoms with Crippen LogP contribution in [0.3, 0.4) is 0 Å². The number of rotatable bonds is 8. The van der Waals surface area contributed by atoms with Gasteiger partial charge >= 0.3 is 5.97 Å². The van der Waals surface area contributed by atoms with E-state index in [9.17, 15) is 14.3 Å². The van der Waals surface area contributed by atoms with E-state index in [1.54, 1.807) is 13.0 Å². The zero-order chi connectivity index (χ0) is 22.0. The standard InChI is InChI=1S/C19H17BrFN5O5/c1-2-14(19(27)28)26-23-18(22-25-26)16-9-17(24-31-16)30-12-5-4-11(8-12)29-15-7-10(21)3-6-13(15)20/h3-7,9,11-12,14H,2,8H2,1H3,(H,27,28)/t11-,12-,14?/m0/s1. The third-order valence-corrected chi connectivity index (χ3v) is 5.19. The highest BCUT2D eigenvalue weighted by atomic mass is 79.9. The second kappa shape index (κ2) is 8.84. The predicted molar refractivity (Wildman–Crippen MR) is 107 cm³/mol. The van der Waals surface area contributed by atoms with E-state index in [0.717, 1.165) is 4.80 Å². The summed E-state index contributed by atoms with van der Waals surface area (Å²) in [5.74, 6) is -0.537. The maximum atomic E-state index is 13.4. The van der Waals surface area contributed by atoms with Crippen molar-refractivity contribution < 1.29 is 28.3 Å². The van der Waals surface area contributed by atoms with E-state index >= 15 is 0 Å². The number of halogens is 2. The van der Waals surface area contributed by atoms with Crippen molar-refractivity contribution in [3.05, 3.63) is 46.7 Å². The van der Waals surface area contributed by atoms with E-state index in [2.05, 4.69) is 36.5 Å². The average molecular weight is 494 g/mol. The monoisotopic (exact) mass is 493 g/mol. The van der Waals surface area contributed by atoms with Crippen molar-refractivity contribution in [1.29, 1.82) is 0 Å². The maximum absolute atomic E-state index is 13.4. The molecule has 2 heterocycles. The van der Waals surface area contributed by atoms with Crippen LogP contribution in [0.25, 0.3) is 11.6 Å². The molecule has 0 fully saturated rings. The Hall–Kier alpha value is -3.28. The van der Waals surface area contributed by atoms with Gasteiger partial charge in [0.15, 0.2) is 6.04 Å². The number of nitrogens with zero attached hydrogens (tertiary/aromatic N) is 5. The summed E-state index contributed by atoms with van der Waals surface area (Å²) in [6, 6.07) is 4.81. The number of tetrazole rings is 1. The highest BCUT2D eigenvalue weighted by molar-refractivity contribution is 9.10. The molecule has 0 radical (unpaired) electrons. The normalized spacial score (nSPS) is 18.8. The van der Waals surface area contributed by atoms with Crippen LogP contribution in [0.1, 0.15) is 25.8 Å². The average Bonchev–Trinajstić information content (AvgIpc) is 3.47. The number of benzene rings is 1. The molecule has 12 heteroatoms. The topological polar surface area (TPSA) is 125 Å². The molecule has 0 aliphatic heterocycles. The molecular formula is C19H17BrFN5O5. The van der Waals surface area contributed by atoms with Gasteiger partial charge in [-0.1, -0.05) is 6.92 Å². The molecule has 0 bridgehead atoms. The summed E-state index contributed by atoms with van der Waals surface area (Å²) in [4.78, 5) is 12.2. The molecule has 1 aliphatic carbocycles. The van der Waals surface area contributed by atoms with Gasteiger partial charge in [0.25, 0.3) is 5.88 Å². The Morgan fingerprint density at radius 1 is 1.35 bits per heavy atom. The number of carbonyl (C=O) groups is 1. The Morgan fingerprint density at radius 3 is 2.87 bits per heavy atom. The lowest BCUT2D eigenvalue weighted by molar-refractivity contribution is -0.141. The fourth-order valence-corrected chi connectivity index (χ4v) is 3.35. The van der Waals surface area contributed by atoms with Gasteiger partial charge in [-0.25, -0.2) is 9.18 Å². The number of aromatic nitrogens is 5. The first-order chi connectivity index (χ1) is 14.9. The van der Waals surface area contributed by atoms with Crippen LogP contribution in [0.2, 0.25) is 0 Å². The molecule has 1 aromatic carbocycles. The van der Waals surface area contributed by atoms with Crippen LogP contribution in [0, 0.1) is 5.82 Å². The largest absolute Gasteiger partial charge is 0.485 e. The van der Waals surface area contributed by atoms with Crippen molar-refractivity contribution in [1.82, 2.24) is 25.4 Å². The first kappa shape index (κ1) is 21.0. The Balaban J connectivity index is 1.37. The minimum absolute atomic E-state index is 0.0983. The number of aliphatic carboxylic acids is 1. The summed E-state index contributed by atoms with van der Waals surface area (Å²) in [6.45, 7) is 1.71. The van der Waals surface area contributed by atoms with Crippen molar-refractivity contribution in [3.63, 3.8) is 0 Å². The van der Waals surface area contributed by atoms with Crippen molar-refractivity contribution in [2.24, 2.45) is 0 Å². The first-order valence-corrected chi connectivity index (χ1v) is 10.2. The molecule has 1 unspecified atom stereocenters. The molecule has 162 valence electrons. The molecule has 31 heavy (non-hydrogen) atoms. The summed E-state index contributed by atoms with van der Waals surface area (Å²) >= 11 is 3.33. The first-order valence-electron chi connectivity index (χ1n) is 9.39. The smallest absolute Gasteiger partial charge is 0.330 e. The summed E-state index contributed by atoms with van der Waals surface area (Å²) in [7, 11) is 0. The molecule has 3 atom stereocenters. The SMILES string of the molecule is CCC(C(=O)O)n1nnc(-c2cc(O[C@H]3C=C[C@H](Oc4cc(F)ccc4Br)C3)no2)n1. The van der Waals surface area contributed by atoms with Crippen molar-refractivity contribution in [3.8, 4) is 23.2 Å².